The smallest absolute Gasteiger partial charge is 0.262 e. The van der Waals surface area contributed by atoms with Crippen LogP contribution in [0.5, 0.6) is 5.75 Å². The van der Waals surface area contributed by atoms with Crippen LogP contribution in [0.3, 0.4) is 0 Å². The zero-order valence-electron chi connectivity index (χ0n) is 14.7. The Labute approximate surface area is 154 Å². The van der Waals surface area contributed by atoms with Gasteiger partial charge in [0.25, 0.3) is 5.91 Å². The molecule has 1 aromatic carbocycles. The number of hydrogen-bond acceptors (Lipinski definition) is 3. The normalized spacial score (nSPS) is 14.6. The van der Waals surface area contributed by atoms with E-state index in [-0.39, 0.29) is 11.8 Å². The number of nitriles is 1. The molecule has 1 N–H and O–H groups in total. The average molecular weight is 371 g/mol. The quantitative estimate of drug-likeness (QED) is 0.741. The number of carbonyl (C=O) groups is 1. The molecule has 1 amide bonds. The third-order valence-electron chi connectivity index (χ3n) is 4.17. The molecule has 0 aromatic heterocycles. The van der Waals surface area contributed by atoms with Crippen LogP contribution >= 0.6 is 23.2 Å². The molecule has 0 saturated carbocycles. The number of hydrogen-bond donors (Lipinski definition) is 1. The van der Waals surface area contributed by atoms with Crippen LogP contribution in [0.15, 0.2) is 12.1 Å². The Kier molecular flexibility index (Phi) is 7.38. The monoisotopic (exact) mass is 370 g/mol. The summed E-state index contributed by atoms with van der Waals surface area (Å²) in [4.78, 5) is 12.6. The molecular weight excluding hydrogens is 347 g/mol. The maximum atomic E-state index is 12.6. The van der Waals surface area contributed by atoms with Crippen LogP contribution in [0.2, 0.25) is 10.0 Å². The molecule has 0 heterocycles. The Balaban J connectivity index is 3.01. The van der Waals surface area contributed by atoms with Gasteiger partial charge in [-0.15, -0.1) is 0 Å². The summed E-state index contributed by atoms with van der Waals surface area (Å²) in [6.45, 7) is 9.23. The van der Waals surface area contributed by atoms with E-state index in [1.165, 1.54) is 0 Å². The van der Waals surface area contributed by atoms with Crippen molar-refractivity contribution in [2.24, 2.45) is 5.92 Å². The van der Waals surface area contributed by atoms with Crippen LogP contribution < -0.4 is 10.1 Å². The fourth-order valence-electron chi connectivity index (χ4n) is 2.02. The third-order valence-corrected chi connectivity index (χ3v) is 5.05. The van der Waals surface area contributed by atoms with E-state index in [9.17, 15) is 10.1 Å². The van der Waals surface area contributed by atoms with Crippen LogP contribution in [0.1, 0.15) is 46.1 Å². The van der Waals surface area contributed by atoms with Crippen molar-refractivity contribution >= 4 is 29.1 Å². The Morgan fingerprint density at radius 2 is 2.04 bits per heavy atom. The first kappa shape index (κ1) is 20.6. The van der Waals surface area contributed by atoms with Crippen molar-refractivity contribution < 1.29 is 9.53 Å². The minimum absolute atomic E-state index is 0.0323. The SMILES string of the molecule is CCCC(Oc1ccc(Cl)c(C)c1Cl)C(=O)NC(C)(C#N)C(C)C. The zero-order valence-corrected chi connectivity index (χ0v) is 16.3. The van der Waals surface area contributed by atoms with E-state index in [2.05, 4.69) is 11.4 Å². The lowest BCUT2D eigenvalue weighted by molar-refractivity contribution is -0.130. The Hall–Kier alpha value is -1.44. The number of nitrogens with zero attached hydrogens (tertiary/aromatic N) is 1. The molecule has 0 aliphatic carbocycles. The second kappa shape index (κ2) is 8.60. The van der Waals surface area contributed by atoms with Gasteiger partial charge in [-0.2, -0.15) is 5.26 Å². The van der Waals surface area contributed by atoms with Crippen LogP contribution in [0.25, 0.3) is 0 Å². The molecule has 132 valence electrons. The maximum absolute atomic E-state index is 12.6. The van der Waals surface area contributed by atoms with Crippen molar-refractivity contribution in [1.82, 2.24) is 5.32 Å². The molecule has 6 heteroatoms. The van der Waals surface area contributed by atoms with Crippen molar-refractivity contribution in [3.05, 3.63) is 27.7 Å². The van der Waals surface area contributed by atoms with Crippen molar-refractivity contribution in [3.63, 3.8) is 0 Å². The standard InChI is InChI=1S/C18H24Cl2N2O2/c1-6-7-15(17(23)22-18(5,10-21)11(2)3)24-14-9-8-13(19)12(4)16(14)20/h8-9,11,15H,6-7H2,1-5H3,(H,22,23). The Morgan fingerprint density at radius 3 is 2.54 bits per heavy atom. The molecule has 0 spiro atoms. The Morgan fingerprint density at radius 1 is 1.42 bits per heavy atom. The number of benzene rings is 1. The summed E-state index contributed by atoms with van der Waals surface area (Å²) in [5.41, 5.74) is -0.248. The Bertz CT molecular complexity index is 641. The van der Waals surface area contributed by atoms with Crippen LogP contribution in [0, 0.1) is 24.2 Å². The van der Waals surface area contributed by atoms with E-state index < -0.39 is 11.6 Å². The summed E-state index contributed by atoms with van der Waals surface area (Å²) in [5, 5.41) is 13.1. The van der Waals surface area contributed by atoms with Crippen LogP contribution in [-0.4, -0.2) is 17.6 Å². The molecular formula is C18H24Cl2N2O2. The van der Waals surface area contributed by atoms with E-state index in [0.29, 0.717) is 27.8 Å². The van der Waals surface area contributed by atoms with Gasteiger partial charge in [-0.05, 0) is 43.9 Å². The van der Waals surface area contributed by atoms with Gasteiger partial charge >= 0.3 is 0 Å². The number of halogens is 2. The van der Waals surface area contributed by atoms with Crippen LogP contribution in [-0.2, 0) is 4.79 Å². The maximum Gasteiger partial charge on any atom is 0.262 e. The molecule has 0 radical (unpaired) electrons. The highest BCUT2D eigenvalue weighted by Gasteiger charge is 2.33. The van der Waals surface area contributed by atoms with Gasteiger partial charge < -0.3 is 10.1 Å². The zero-order chi connectivity index (χ0) is 18.5. The summed E-state index contributed by atoms with van der Waals surface area (Å²) in [7, 11) is 0. The van der Waals surface area contributed by atoms with Gasteiger partial charge in [0, 0.05) is 5.02 Å². The first-order chi connectivity index (χ1) is 11.2. The van der Waals surface area contributed by atoms with Gasteiger partial charge in [0.05, 0.1) is 11.1 Å². The van der Waals surface area contributed by atoms with Crippen molar-refractivity contribution in [3.8, 4) is 11.8 Å². The molecule has 0 bridgehead atoms. The lowest BCUT2D eigenvalue weighted by atomic mass is 9.89. The molecule has 2 unspecified atom stereocenters. The lowest BCUT2D eigenvalue weighted by Gasteiger charge is -2.29. The van der Waals surface area contributed by atoms with Gasteiger partial charge in [0.1, 0.15) is 11.3 Å². The van der Waals surface area contributed by atoms with E-state index in [0.717, 1.165) is 6.42 Å². The highest BCUT2D eigenvalue weighted by molar-refractivity contribution is 6.36. The first-order valence-corrected chi connectivity index (χ1v) is 8.76. The largest absolute Gasteiger partial charge is 0.479 e. The number of rotatable bonds is 7. The number of nitrogens with one attached hydrogen (secondary N) is 1. The third kappa shape index (κ3) is 4.78. The van der Waals surface area contributed by atoms with Crippen LogP contribution in [0.4, 0.5) is 0 Å². The van der Waals surface area contributed by atoms with Gasteiger partial charge in [-0.1, -0.05) is 50.4 Å². The summed E-state index contributed by atoms with van der Waals surface area (Å²) >= 11 is 12.3. The van der Waals surface area contributed by atoms with Gasteiger partial charge in [0.15, 0.2) is 6.10 Å². The minimum Gasteiger partial charge on any atom is -0.479 e. The average Bonchev–Trinajstić information content (AvgIpc) is 2.54. The predicted octanol–water partition coefficient (Wildman–Crippen LogP) is 4.90. The first-order valence-electron chi connectivity index (χ1n) is 8.00. The molecule has 2 atom stereocenters. The molecule has 0 saturated heterocycles. The van der Waals surface area contributed by atoms with E-state index >= 15 is 0 Å². The summed E-state index contributed by atoms with van der Waals surface area (Å²) < 4.78 is 5.84. The molecule has 0 aliphatic heterocycles. The van der Waals surface area contributed by atoms with Gasteiger partial charge in [-0.25, -0.2) is 0 Å². The molecule has 0 aliphatic rings. The molecule has 1 rings (SSSR count). The fourth-order valence-corrected chi connectivity index (χ4v) is 2.44. The predicted molar refractivity (Wildman–Crippen MR) is 97.5 cm³/mol. The van der Waals surface area contributed by atoms with E-state index in [4.69, 9.17) is 27.9 Å². The summed E-state index contributed by atoms with van der Waals surface area (Å²) in [5.74, 6) is 0.0590. The fraction of sp³-hybridized carbons (Fsp3) is 0.556. The molecule has 24 heavy (non-hydrogen) atoms. The molecule has 4 nitrogen and oxygen atoms in total. The summed E-state index contributed by atoms with van der Waals surface area (Å²) in [6.07, 6.45) is 0.552. The number of carbonyl (C=O) groups excluding carboxylic acids is 1. The topological polar surface area (TPSA) is 62.1 Å². The van der Waals surface area contributed by atoms with E-state index in [1.54, 1.807) is 26.0 Å². The highest BCUT2D eigenvalue weighted by atomic mass is 35.5. The highest BCUT2D eigenvalue weighted by Crippen LogP contribution is 2.33. The van der Waals surface area contributed by atoms with Gasteiger partial charge in [0.2, 0.25) is 0 Å². The molecule has 1 aromatic rings. The van der Waals surface area contributed by atoms with Crippen molar-refractivity contribution in [2.75, 3.05) is 0 Å². The number of ether oxygens (including phenoxy) is 1. The van der Waals surface area contributed by atoms with E-state index in [1.807, 2.05) is 20.8 Å². The lowest BCUT2D eigenvalue weighted by Crippen LogP contribution is -2.53. The second-order valence-corrected chi connectivity index (χ2v) is 7.12. The number of amides is 1. The second-order valence-electron chi connectivity index (χ2n) is 6.34. The van der Waals surface area contributed by atoms with Crippen molar-refractivity contribution in [2.45, 2.75) is 59.1 Å². The molecule has 0 fully saturated rings. The van der Waals surface area contributed by atoms with Gasteiger partial charge in [-0.3, -0.25) is 4.79 Å². The van der Waals surface area contributed by atoms with Crippen molar-refractivity contribution in [1.29, 1.82) is 5.26 Å². The minimum atomic E-state index is -0.952. The summed E-state index contributed by atoms with van der Waals surface area (Å²) in [6, 6.07) is 5.51.